The van der Waals surface area contributed by atoms with Crippen LogP contribution < -0.4 is 4.91 Å². The molecule has 2 heterocycles. The van der Waals surface area contributed by atoms with E-state index in [-0.39, 0.29) is 13.1 Å². The van der Waals surface area contributed by atoms with Crippen molar-refractivity contribution in [1.29, 1.82) is 5.53 Å². The Morgan fingerprint density at radius 1 is 1.08 bits per heavy atom. The van der Waals surface area contributed by atoms with Crippen LogP contribution in [0.5, 0.6) is 0 Å². The molecule has 1 fully saturated rings. The van der Waals surface area contributed by atoms with E-state index in [0.717, 1.165) is 21.8 Å². The Kier molecular flexibility index (Phi) is 3.91. The molecule has 2 aromatic carbocycles. The Labute approximate surface area is 148 Å². The highest BCUT2D eigenvalue weighted by atomic mass is 16.4. The summed E-state index contributed by atoms with van der Waals surface area (Å²) in [5.41, 5.74) is 8.82. The van der Waals surface area contributed by atoms with Crippen molar-refractivity contribution in [3.63, 3.8) is 0 Å². The highest BCUT2D eigenvalue weighted by Gasteiger charge is 2.42. The molecule has 3 atom stereocenters. The van der Waals surface area contributed by atoms with Gasteiger partial charge in [-0.25, -0.2) is 4.79 Å². The predicted octanol–water partition coefficient (Wildman–Crippen LogP) is 2.61. The number of piperidine rings is 1. The molecule has 8 heteroatoms. The van der Waals surface area contributed by atoms with Crippen molar-refractivity contribution >= 4 is 27.9 Å². The SMILES string of the molecule is N=[N+]=NC1CN(C(=O)O)CC(n2c3ccccc3c3ccccc32)C1O. The highest BCUT2D eigenvalue weighted by Crippen LogP contribution is 2.35. The molecule has 1 aliphatic heterocycles. The van der Waals surface area contributed by atoms with Crippen molar-refractivity contribution in [3.8, 4) is 0 Å². The fourth-order valence-corrected chi connectivity index (χ4v) is 3.88. The Morgan fingerprint density at radius 3 is 2.19 bits per heavy atom. The van der Waals surface area contributed by atoms with Crippen LogP contribution in [0.25, 0.3) is 21.8 Å². The minimum atomic E-state index is -1.08. The predicted molar refractivity (Wildman–Crippen MR) is 95.2 cm³/mol. The highest BCUT2D eigenvalue weighted by molar-refractivity contribution is 6.08. The van der Waals surface area contributed by atoms with Gasteiger partial charge in [-0.1, -0.05) is 36.4 Å². The number of hydrogen-bond donors (Lipinski definition) is 3. The van der Waals surface area contributed by atoms with Gasteiger partial charge >= 0.3 is 6.09 Å². The molecule has 1 aliphatic rings. The van der Waals surface area contributed by atoms with Gasteiger partial charge in [-0.15, -0.1) is 0 Å². The maximum Gasteiger partial charge on any atom is 0.407 e. The van der Waals surface area contributed by atoms with Gasteiger partial charge in [-0.3, -0.25) is 0 Å². The van der Waals surface area contributed by atoms with Gasteiger partial charge in [0.15, 0.2) is 6.04 Å². The number of rotatable bonds is 2. The third-order valence-electron chi connectivity index (χ3n) is 5.03. The van der Waals surface area contributed by atoms with Crippen LogP contribution >= 0.6 is 0 Å². The van der Waals surface area contributed by atoms with Crippen molar-refractivity contribution in [1.82, 2.24) is 14.4 Å². The Bertz CT molecular complexity index is 986. The lowest BCUT2D eigenvalue weighted by atomic mass is 9.97. The number of hydrogen-bond acceptors (Lipinski definition) is 4. The fourth-order valence-electron chi connectivity index (χ4n) is 3.88. The van der Waals surface area contributed by atoms with Gasteiger partial charge in [-0.2, -0.15) is 0 Å². The average Bonchev–Trinajstić information content (AvgIpc) is 2.98. The van der Waals surface area contributed by atoms with Crippen LogP contribution in [0.15, 0.2) is 53.6 Å². The molecule has 3 aromatic rings. The first-order chi connectivity index (χ1) is 12.6. The second-order valence-corrected chi connectivity index (χ2v) is 6.43. The lowest BCUT2D eigenvalue weighted by Crippen LogP contribution is -2.53. The van der Waals surface area contributed by atoms with E-state index < -0.39 is 24.3 Å². The van der Waals surface area contributed by atoms with Crippen molar-refractivity contribution in [3.05, 3.63) is 48.5 Å². The van der Waals surface area contributed by atoms with Crippen LogP contribution in [0.2, 0.25) is 0 Å². The second kappa shape index (κ2) is 6.25. The molecule has 0 saturated carbocycles. The van der Waals surface area contributed by atoms with Crippen LogP contribution in [0, 0.1) is 5.53 Å². The molecule has 1 amide bonds. The summed E-state index contributed by atoms with van der Waals surface area (Å²) in [6.07, 6.45) is -2.02. The number of para-hydroxylation sites is 2. The van der Waals surface area contributed by atoms with Crippen LogP contribution in [0.3, 0.4) is 0 Å². The number of aromatic nitrogens is 1. The number of fused-ring (bicyclic) bond motifs is 3. The minimum absolute atomic E-state index is 0.0204. The van der Waals surface area contributed by atoms with Crippen molar-refractivity contribution in [2.24, 2.45) is 5.11 Å². The van der Waals surface area contributed by atoms with E-state index in [1.165, 1.54) is 4.90 Å². The van der Waals surface area contributed by atoms with Crippen LogP contribution in [0.4, 0.5) is 4.79 Å². The van der Waals surface area contributed by atoms with E-state index in [1.807, 2.05) is 53.1 Å². The first-order valence-corrected chi connectivity index (χ1v) is 8.32. The molecule has 4 rings (SSSR count). The molecule has 1 saturated heterocycles. The third kappa shape index (κ3) is 2.44. The number of amides is 1. The number of benzene rings is 2. The summed E-state index contributed by atoms with van der Waals surface area (Å²) >= 11 is 0. The Morgan fingerprint density at radius 2 is 1.65 bits per heavy atom. The van der Waals surface area contributed by atoms with Gasteiger partial charge < -0.3 is 19.7 Å². The maximum absolute atomic E-state index is 11.6. The molecular formula is C18H18N5O3+. The molecule has 0 spiro atoms. The number of aliphatic hydroxyl groups excluding tert-OH is 1. The normalized spacial score (nSPS) is 23.1. The van der Waals surface area contributed by atoms with E-state index in [4.69, 9.17) is 5.53 Å². The quantitative estimate of drug-likeness (QED) is 0.486. The zero-order valence-corrected chi connectivity index (χ0v) is 13.9. The van der Waals surface area contributed by atoms with E-state index in [1.54, 1.807) is 0 Å². The summed E-state index contributed by atoms with van der Waals surface area (Å²) in [4.78, 5) is 15.8. The minimum Gasteiger partial charge on any atom is -0.465 e. The van der Waals surface area contributed by atoms with E-state index in [0.29, 0.717) is 0 Å². The molecule has 0 radical (unpaired) electrons. The Hall–Kier alpha value is -3.22. The van der Waals surface area contributed by atoms with Gasteiger partial charge in [0.25, 0.3) is 0 Å². The summed E-state index contributed by atoms with van der Waals surface area (Å²) < 4.78 is 1.98. The summed E-state index contributed by atoms with van der Waals surface area (Å²) in [6, 6.07) is 14.4. The molecule has 0 bridgehead atoms. The lowest BCUT2D eigenvalue weighted by molar-refractivity contribution is 0.0204. The van der Waals surface area contributed by atoms with Crippen LogP contribution in [-0.2, 0) is 0 Å². The number of carbonyl (C=O) groups is 1. The van der Waals surface area contributed by atoms with E-state index >= 15 is 0 Å². The number of nitrogens with one attached hydrogen (secondary N) is 1. The first-order valence-electron chi connectivity index (χ1n) is 8.32. The fraction of sp³-hybridized carbons (Fsp3) is 0.278. The molecule has 8 nitrogen and oxygen atoms in total. The first kappa shape index (κ1) is 16.3. The topological polar surface area (TPSA) is 116 Å². The summed E-state index contributed by atoms with van der Waals surface area (Å²) in [5, 5.41) is 26.2. The van der Waals surface area contributed by atoms with Gasteiger partial charge in [0.05, 0.1) is 12.6 Å². The maximum atomic E-state index is 11.6. The van der Waals surface area contributed by atoms with Crippen molar-refractivity contribution in [2.45, 2.75) is 18.2 Å². The Balaban J connectivity index is 1.94. The molecule has 3 N–H and O–H groups in total. The molecule has 132 valence electrons. The lowest BCUT2D eigenvalue weighted by Gasteiger charge is -2.37. The number of aliphatic hydroxyl groups is 1. The van der Waals surface area contributed by atoms with Gasteiger partial charge in [-0.05, 0) is 12.1 Å². The molecule has 3 unspecified atom stereocenters. The molecule has 1 aromatic heterocycles. The average molecular weight is 352 g/mol. The monoisotopic (exact) mass is 352 g/mol. The number of carboxylic acid groups (broad SMARTS) is 1. The summed E-state index contributed by atoms with van der Waals surface area (Å²) in [7, 11) is 0. The summed E-state index contributed by atoms with van der Waals surface area (Å²) in [6.45, 7) is 0.162. The molecule has 0 aliphatic carbocycles. The standard InChI is InChI=1S/C18H17N5O3/c19-21-20-13-9-22(18(25)26)10-16(17(13)24)23-14-7-3-1-5-11(14)12-6-2-4-8-15(12)23/h1-8,13,16-17,19,24H,9-10H2/p+1. The van der Waals surface area contributed by atoms with Crippen molar-refractivity contribution in [2.75, 3.05) is 13.1 Å². The second-order valence-electron chi connectivity index (χ2n) is 6.43. The summed E-state index contributed by atoms with van der Waals surface area (Å²) in [5.74, 6) is 0. The van der Waals surface area contributed by atoms with Gasteiger partial charge in [0.1, 0.15) is 16.7 Å². The van der Waals surface area contributed by atoms with Gasteiger partial charge in [0.2, 0.25) is 4.91 Å². The van der Waals surface area contributed by atoms with Crippen LogP contribution in [-0.4, -0.2) is 51.0 Å². The third-order valence-corrected chi connectivity index (χ3v) is 5.03. The number of likely N-dealkylation sites (tertiary alicyclic amines) is 1. The molecular weight excluding hydrogens is 334 g/mol. The zero-order chi connectivity index (χ0) is 18.3. The molecule has 26 heavy (non-hydrogen) atoms. The number of nitrogens with zero attached hydrogens (tertiary/aromatic N) is 4. The van der Waals surface area contributed by atoms with Crippen molar-refractivity contribution < 1.29 is 15.0 Å². The van der Waals surface area contributed by atoms with Gasteiger partial charge in [0, 0.05) is 28.4 Å². The van der Waals surface area contributed by atoms with E-state index in [9.17, 15) is 15.0 Å². The smallest absolute Gasteiger partial charge is 0.407 e. The van der Waals surface area contributed by atoms with E-state index in [2.05, 4.69) is 10.0 Å². The zero-order valence-electron chi connectivity index (χ0n) is 13.9. The largest absolute Gasteiger partial charge is 0.465 e. The van der Waals surface area contributed by atoms with Crippen LogP contribution in [0.1, 0.15) is 6.04 Å².